The molecule has 0 spiro atoms. The fraction of sp³-hybridized carbons (Fsp3) is 0.286. The van der Waals surface area contributed by atoms with Crippen molar-refractivity contribution < 1.29 is 19.4 Å². The standard InChI is InChI=1S/C28H29NO4/c1-2-3-8-20-13-15-21(16-14-20)17-29(18-27(30)31)28(32)33-19-26-24-11-6-4-9-22(24)23-10-5-7-12-25(23)26/h4-7,9-16,26H,2-3,8,17-19H2,1H3,(H,30,31). The Labute approximate surface area is 194 Å². The molecule has 3 aromatic carbocycles. The number of carboxylic acid groups (broad SMARTS) is 1. The summed E-state index contributed by atoms with van der Waals surface area (Å²) in [4.78, 5) is 25.6. The van der Waals surface area contributed by atoms with E-state index < -0.39 is 18.6 Å². The third-order valence-electron chi connectivity index (χ3n) is 6.14. The highest BCUT2D eigenvalue weighted by molar-refractivity contribution is 5.79. The van der Waals surface area contributed by atoms with Crippen molar-refractivity contribution in [1.82, 2.24) is 4.90 Å². The van der Waals surface area contributed by atoms with Crippen LogP contribution in [0.4, 0.5) is 4.79 Å². The normalized spacial score (nSPS) is 12.2. The van der Waals surface area contributed by atoms with Crippen LogP contribution in [0.3, 0.4) is 0 Å². The minimum Gasteiger partial charge on any atom is -0.480 e. The lowest BCUT2D eigenvalue weighted by Gasteiger charge is -2.22. The molecule has 0 saturated carbocycles. The smallest absolute Gasteiger partial charge is 0.410 e. The zero-order chi connectivity index (χ0) is 23.2. The van der Waals surface area contributed by atoms with Crippen molar-refractivity contribution in [2.45, 2.75) is 38.6 Å². The predicted molar refractivity (Wildman–Crippen MR) is 128 cm³/mol. The van der Waals surface area contributed by atoms with Crippen molar-refractivity contribution in [1.29, 1.82) is 0 Å². The van der Waals surface area contributed by atoms with E-state index >= 15 is 0 Å². The Morgan fingerprint density at radius 2 is 1.45 bits per heavy atom. The Hall–Kier alpha value is -3.60. The van der Waals surface area contributed by atoms with Crippen LogP contribution in [0.15, 0.2) is 72.8 Å². The number of unbranched alkanes of at least 4 members (excludes halogenated alkanes) is 1. The van der Waals surface area contributed by atoms with E-state index in [0.717, 1.165) is 47.1 Å². The maximum Gasteiger partial charge on any atom is 0.410 e. The minimum absolute atomic E-state index is 0.0640. The first-order valence-corrected chi connectivity index (χ1v) is 11.5. The quantitative estimate of drug-likeness (QED) is 0.449. The summed E-state index contributed by atoms with van der Waals surface area (Å²) in [5.74, 6) is -1.13. The molecule has 0 atom stereocenters. The van der Waals surface area contributed by atoms with Crippen LogP contribution >= 0.6 is 0 Å². The second kappa shape index (κ2) is 10.3. The molecule has 4 rings (SSSR count). The number of aryl methyl sites for hydroxylation is 1. The van der Waals surface area contributed by atoms with E-state index in [1.165, 1.54) is 10.5 Å². The fourth-order valence-corrected chi connectivity index (χ4v) is 4.45. The van der Waals surface area contributed by atoms with Gasteiger partial charge in [0.1, 0.15) is 13.2 Å². The lowest BCUT2D eigenvalue weighted by Crippen LogP contribution is -2.36. The lowest BCUT2D eigenvalue weighted by atomic mass is 9.98. The lowest BCUT2D eigenvalue weighted by molar-refractivity contribution is -0.138. The van der Waals surface area contributed by atoms with Crippen LogP contribution in [-0.4, -0.2) is 35.2 Å². The summed E-state index contributed by atoms with van der Waals surface area (Å²) in [6, 6.07) is 24.3. The minimum atomic E-state index is -1.07. The van der Waals surface area contributed by atoms with Gasteiger partial charge in [0.15, 0.2) is 0 Å². The summed E-state index contributed by atoms with van der Waals surface area (Å²) in [7, 11) is 0. The second-order valence-electron chi connectivity index (χ2n) is 8.47. The van der Waals surface area contributed by atoms with Gasteiger partial charge in [0.05, 0.1) is 0 Å². The molecule has 0 aromatic heterocycles. The van der Waals surface area contributed by atoms with E-state index in [2.05, 4.69) is 31.2 Å². The number of hydrogen-bond donors (Lipinski definition) is 1. The van der Waals surface area contributed by atoms with Gasteiger partial charge in [-0.25, -0.2) is 4.79 Å². The summed E-state index contributed by atoms with van der Waals surface area (Å²) in [6.45, 7) is 2.11. The molecule has 1 aliphatic rings. The van der Waals surface area contributed by atoms with Gasteiger partial charge in [-0.1, -0.05) is 86.1 Å². The van der Waals surface area contributed by atoms with Crippen LogP contribution in [0.1, 0.15) is 47.9 Å². The molecule has 0 bridgehead atoms. The Morgan fingerprint density at radius 3 is 2.03 bits per heavy atom. The molecule has 0 saturated heterocycles. The second-order valence-corrected chi connectivity index (χ2v) is 8.47. The summed E-state index contributed by atoms with van der Waals surface area (Å²) in [6.07, 6.45) is 2.66. The largest absolute Gasteiger partial charge is 0.480 e. The van der Waals surface area contributed by atoms with Gasteiger partial charge >= 0.3 is 12.1 Å². The first kappa shape index (κ1) is 22.6. The van der Waals surface area contributed by atoms with E-state index in [4.69, 9.17) is 4.74 Å². The summed E-state index contributed by atoms with van der Waals surface area (Å²) in [5.41, 5.74) is 6.67. The summed E-state index contributed by atoms with van der Waals surface area (Å²) >= 11 is 0. The highest BCUT2D eigenvalue weighted by atomic mass is 16.6. The molecule has 0 aliphatic heterocycles. The number of carbonyl (C=O) groups excluding carboxylic acids is 1. The van der Waals surface area contributed by atoms with Gasteiger partial charge in [-0.2, -0.15) is 0 Å². The topological polar surface area (TPSA) is 66.8 Å². The number of amides is 1. The van der Waals surface area contributed by atoms with Crippen molar-refractivity contribution in [3.8, 4) is 11.1 Å². The van der Waals surface area contributed by atoms with E-state index in [-0.39, 0.29) is 19.1 Å². The van der Waals surface area contributed by atoms with Crippen LogP contribution in [0, 0.1) is 0 Å². The molecule has 0 heterocycles. The maximum atomic E-state index is 12.9. The van der Waals surface area contributed by atoms with Crippen molar-refractivity contribution in [3.05, 3.63) is 95.1 Å². The zero-order valence-corrected chi connectivity index (χ0v) is 18.9. The van der Waals surface area contributed by atoms with Gasteiger partial charge in [-0.15, -0.1) is 0 Å². The summed E-state index contributed by atoms with van der Waals surface area (Å²) in [5, 5.41) is 9.34. The molecule has 0 radical (unpaired) electrons. The Kier molecular flexibility index (Phi) is 7.08. The van der Waals surface area contributed by atoms with E-state index in [0.29, 0.717) is 0 Å². The van der Waals surface area contributed by atoms with E-state index in [9.17, 15) is 14.7 Å². The number of hydrogen-bond acceptors (Lipinski definition) is 3. The Balaban J connectivity index is 1.45. The predicted octanol–water partition coefficient (Wildman–Crippen LogP) is 5.86. The molecule has 0 fully saturated rings. The zero-order valence-electron chi connectivity index (χ0n) is 18.9. The molecule has 0 unspecified atom stereocenters. The number of fused-ring (bicyclic) bond motifs is 3. The number of nitrogens with zero attached hydrogens (tertiary/aromatic N) is 1. The molecule has 3 aromatic rings. The maximum absolute atomic E-state index is 12.9. The monoisotopic (exact) mass is 443 g/mol. The van der Waals surface area contributed by atoms with Crippen molar-refractivity contribution in [3.63, 3.8) is 0 Å². The van der Waals surface area contributed by atoms with Crippen LogP contribution in [0.5, 0.6) is 0 Å². The molecule has 5 nitrogen and oxygen atoms in total. The third kappa shape index (κ3) is 5.25. The van der Waals surface area contributed by atoms with Crippen LogP contribution in [-0.2, 0) is 22.5 Å². The number of rotatable bonds is 9. The Morgan fingerprint density at radius 1 is 0.879 bits per heavy atom. The SMILES string of the molecule is CCCCc1ccc(CN(CC(=O)O)C(=O)OCC2c3ccccc3-c3ccccc32)cc1. The molecule has 1 aliphatic carbocycles. The van der Waals surface area contributed by atoms with Crippen molar-refractivity contribution >= 4 is 12.1 Å². The number of carbonyl (C=O) groups is 2. The number of aliphatic carboxylic acids is 1. The van der Waals surface area contributed by atoms with Gasteiger partial charge in [-0.05, 0) is 46.2 Å². The highest BCUT2D eigenvalue weighted by Crippen LogP contribution is 2.44. The number of benzene rings is 3. The molecule has 5 heteroatoms. The van der Waals surface area contributed by atoms with Crippen LogP contribution in [0.25, 0.3) is 11.1 Å². The highest BCUT2D eigenvalue weighted by Gasteiger charge is 2.30. The van der Waals surface area contributed by atoms with Crippen LogP contribution in [0.2, 0.25) is 0 Å². The molecular weight excluding hydrogens is 414 g/mol. The fourth-order valence-electron chi connectivity index (χ4n) is 4.45. The average Bonchev–Trinajstić information content (AvgIpc) is 3.15. The van der Waals surface area contributed by atoms with Crippen molar-refractivity contribution in [2.75, 3.05) is 13.2 Å². The van der Waals surface area contributed by atoms with Gasteiger partial charge < -0.3 is 9.84 Å². The third-order valence-corrected chi connectivity index (χ3v) is 6.14. The molecule has 1 amide bonds. The number of carboxylic acids is 1. The van der Waals surface area contributed by atoms with Gasteiger partial charge in [-0.3, -0.25) is 9.69 Å². The molecule has 33 heavy (non-hydrogen) atoms. The summed E-state index contributed by atoms with van der Waals surface area (Å²) < 4.78 is 5.68. The molecule has 170 valence electrons. The average molecular weight is 444 g/mol. The van der Waals surface area contributed by atoms with Gasteiger partial charge in [0, 0.05) is 12.5 Å². The molecular formula is C28H29NO4. The van der Waals surface area contributed by atoms with Gasteiger partial charge in [0.2, 0.25) is 0 Å². The van der Waals surface area contributed by atoms with E-state index in [1.54, 1.807) is 0 Å². The first-order valence-electron chi connectivity index (χ1n) is 11.5. The molecule has 1 N–H and O–H groups in total. The van der Waals surface area contributed by atoms with E-state index in [1.807, 2.05) is 48.5 Å². The van der Waals surface area contributed by atoms with Crippen LogP contribution < -0.4 is 0 Å². The van der Waals surface area contributed by atoms with Gasteiger partial charge in [0.25, 0.3) is 0 Å². The number of ether oxygens (including phenoxy) is 1. The Bertz CT molecular complexity index is 1080. The first-order chi connectivity index (χ1) is 16.1. The van der Waals surface area contributed by atoms with Crippen molar-refractivity contribution in [2.24, 2.45) is 0 Å².